The van der Waals surface area contributed by atoms with Gasteiger partial charge in [0.25, 0.3) is 0 Å². The van der Waals surface area contributed by atoms with Crippen LogP contribution in [0.1, 0.15) is 17.0 Å². The topological polar surface area (TPSA) is 71.5 Å². The maximum absolute atomic E-state index is 11.2. The van der Waals surface area contributed by atoms with Crippen LogP contribution in [0.5, 0.6) is 11.5 Å². The monoisotopic (exact) mass is 354 g/mol. The molecule has 128 valence electrons. The lowest BCUT2D eigenvalue weighted by Crippen LogP contribution is -2.22. The second-order valence-electron chi connectivity index (χ2n) is 5.31. The predicted octanol–water partition coefficient (Wildman–Crippen LogP) is 2.99. The van der Waals surface area contributed by atoms with Crippen molar-refractivity contribution in [1.29, 1.82) is 0 Å². The number of rotatable bonds is 6. The Morgan fingerprint density at radius 2 is 2.00 bits per heavy atom. The third-order valence-corrected chi connectivity index (χ3v) is 4.79. The zero-order chi connectivity index (χ0) is 17.8. The van der Waals surface area contributed by atoms with Crippen molar-refractivity contribution in [3.8, 4) is 11.5 Å². The van der Waals surface area contributed by atoms with Gasteiger partial charge in [0.05, 0.1) is 24.4 Å². The molecule has 0 aliphatic heterocycles. The third-order valence-electron chi connectivity index (χ3n) is 3.67. The van der Waals surface area contributed by atoms with Crippen molar-refractivity contribution in [2.24, 2.45) is 0 Å². The van der Waals surface area contributed by atoms with Gasteiger partial charge in [0.1, 0.15) is 16.5 Å². The van der Waals surface area contributed by atoms with E-state index >= 15 is 0 Å². The Kier molecular flexibility index (Phi) is 5.00. The lowest BCUT2D eigenvalue weighted by Gasteiger charge is -2.10. The highest BCUT2D eigenvalue weighted by atomic mass is 32.1. The summed E-state index contributed by atoms with van der Waals surface area (Å²) in [4.78, 5) is 15.8. The van der Waals surface area contributed by atoms with Crippen LogP contribution < -0.4 is 14.6 Å². The van der Waals surface area contributed by atoms with Gasteiger partial charge < -0.3 is 19.4 Å². The van der Waals surface area contributed by atoms with Crippen molar-refractivity contribution >= 4 is 39.2 Å². The van der Waals surface area contributed by atoms with Gasteiger partial charge in [-0.25, -0.2) is 4.98 Å². The first-order valence-corrected chi connectivity index (χ1v) is 8.40. The molecule has 0 saturated carbocycles. The zero-order valence-corrected chi connectivity index (χ0v) is 14.6. The number of hydrogen-bond donors (Lipinski definition) is 0. The summed E-state index contributed by atoms with van der Waals surface area (Å²) < 4.78 is 11.6. The molecule has 3 rings (SSSR count). The molecule has 0 unspecified atom stereocenters. The maximum atomic E-state index is 11.2. The van der Waals surface area contributed by atoms with Gasteiger partial charge in [-0.3, -0.25) is 0 Å². The fraction of sp³-hybridized carbons (Fsp3) is 0.158. The Labute approximate surface area is 149 Å². The lowest BCUT2D eigenvalue weighted by molar-refractivity contribution is -0.304. The number of methoxy groups -OCH3 is 2. The van der Waals surface area contributed by atoms with Crippen LogP contribution in [-0.2, 0) is 4.79 Å². The minimum absolute atomic E-state index is 0.227. The molecule has 0 aliphatic carbocycles. The Balaban J connectivity index is 2.09. The summed E-state index contributed by atoms with van der Waals surface area (Å²) in [5.41, 5.74) is 2.16. The molecule has 5 nitrogen and oxygen atoms in total. The van der Waals surface area contributed by atoms with E-state index in [-0.39, 0.29) is 6.42 Å². The third kappa shape index (κ3) is 3.80. The quantitative estimate of drug-likeness (QED) is 0.680. The summed E-state index contributed by atoms with van der Waals surface area (Å²) in [6.45, 7) is 0. The Morgan fingerprint density at radius 3 is 2.68 bits per heavy atom. The number of fused-ring (bicyclic) bond motifs is 1. The number of benzene rings is 2. The number of carboxylic acid groups (broad SMARTS) is 1. The van der Waals surface area contributed by atoms with Crippen molar-refractivity contribution in [3.63, 3.8) is 0 Å². The molecular weight excluding hydrogens is 338 g/mol. The van der Waals surface area contributed by atoms with E-state index in [4.69, 9.17) is 9.47 Å². The minimum atomic E-state index is -1.15. The van der Waals surface area contributed by atoms with Crippen LogP contribution in [0, 0.1) is 0 Å². The SMILES string of the molecule is COc1ccc(/C=C(\CC(=O)[O-])c2nc3ccccc3s2)c(OC)c1. The molecule has 2 aromatic carbocycles. The number of ether oxygens (including phenoxy) is 2. The molecular formula is C19H16NO4S-. The van der Waals surface area contributed by atoms with Crippen molar-refractivity contribution in [2.45, 2.75) is 6.42 Å². The maximum Gasteiger partial charge on any atom is 0.129 e. The first-order valence-electron chi connectivity index (χ1n) is 7.59. The van der Waals surface area contributed by atoms with Crippen molar-refractivity contribution < 1.29 is 19.4 Å². The highest BCUT2D eigenvalue weighted by molar-refractivity contribution is 7.19. The van der Waals surface area contributed by atoms with E-state index in [1.54, 1.807) is 32.4 Å². The van der Waals surface area contributed by atoms with Crippen molar-refractivity contribution in [3.05, 3.63) is 53.0 Å². The first kappa shape index (κ1) is 17.0. The summed E-state index contributed by atoms with van der Waals surface area (Å²) in [7, 11) is 3.13. The molecule has 0 atom stereocenters. The van der Waals surface area contributed by atoms with Gasteiger partial charge in [0.2, 0.25) is 0 Å². The van der Waals surface area contributed by atoms with Gasteiger partial charge >= 0.3 is 0 Å². The van der Waals surface area contributed by atoms with Crippen LogP contribution in [0.25, 0.3) is 21.9 Å². The van der Waals surface area contributed by atoms with Gasteiger partial charge in [-0.2, -0.15) is 0 Å². The number of carbonyl (C=O) groups excluding carboxylic acids is 1. The number of para-hydroxylation sites is 1. The molecule has 0 radical (unpaired) electrons. The zero-order valence-electron chi connectivity index (χ0n) is 13.8. The number of hydrogen-bond acceptors (Lipinski definition) is 6. The van der Waals surface area contributed by atoms with E-state index < -0.39 is 5.97 Å². The molecule has 1 heterocycles. The fourth-order valence-electron chi connectivity index (χ4n) is 2.48. The average molecular weight is 354 g/mol. The Bertz CT molecular complexity index is 913. The number of carboxylic acids is 1. The first-order chi connectivity index (χ1) is 12.1. The molecule has 0 spiro atoms. The van der Waals surface area contributed by atoms with Crippen LogP contribution in [0.4, 0.5) is 0 Å². The largest absolute Gasteiger partial charge is 0.550 e. The minimum Gasteiger partial charge on any atom is -0.550 e. The van der Waals surface area contributed by atoms with Crippen LogP contribution >= 0.6 is 11.3 Å². The van der Waals surface area contributed by atoms with Gasteiger partial charge in [0, 0.05) is 24.0 Å². The van der Waals surface area contributed by atoms with E-state index in [0.717, 1.165) is 15.8 Å². The summed E-state index contributed by atoms with van der Waals surface area (Å²) in [5, 5.41) is 11.9. The van der Waals surface area contributed by atoms with Gasteiger partial charge in [-0.15, -0.1) is 11.3 Å². The molecule has 0 amide bonds. The number of aliphatic carboxylic acids is 1. The predicted molar refractivity (Wildman–Crippen MR) is 96.7 cm³/mol. The van der Waals surface area contributed by atoms with Gasteiger partial charge in [0.15, 0.2) is 0 Å². The molecule has 25 heavy (non-hydrogen) atoms. The average Bonchev–Trinajstić information content (AvgIpc) is 3.05. The highest BCUT2D eigenvalue weighted by Crippen LogP contribution is 2.33. The number of nitrogens with zero attached hydrogens (tertiary/aromatic N) is 1. The fourth-order valence-corrected chi connectivity index (χ4v) is 3.46. The molecule has 1 aromatic heterocycles. The van der Waals surface area contributed by atoms with Crippen molar-refractivity contribution in [2.75, 3.05) is 14.2 Å². The molecule has 0 saturated heterocycles. The number of thiazole rings is 1. The van der Waals surface area contributed by atoms with Crippen LogP contribution in [0.15, 0.2) is 42.5 Å². The van der Waals surface area contributed by atoms with Gasteiger partial charge in [-0.05, 0) is 35.9 Å². The molecule has 0 fully saturated rings. The number of aromatic nitrogens is 1. The Morgan fingerprint density at radius 1 is 1.20 bits per heavy atom. The summed E-state index contributed by atoms with van der Waals surface area (Å²) in [6.07, 6.45) is 1.54. The summed E-state index contributed by atoms with van der Waals surface area (Å²) in [6, 6.07) is 13.1. The summed E-state index contributed by atoms with van der Waals surface area (Å²) >= 11 is 1.45. The smallest absolute Gasteiger partial charge is 0.129 e. The molecule has 6 heteroatoms. The molecule has 0 bridgehead atoms. The van der Waals surface area contributed by atoms with E-state index in [9.17, 15) is 9.90 Å². The van der Waals surface area contributed by atoms with Crippen LogP contribution in [0.3, 0.4) is 0 Å². The highest BCUT2D eigenvalue weighted by Gasteiger charge is 2.11. The molecule has 0 N–H and O–H groups in total. The molecule has 3 aromatic rings. The van der Waals surface area contributed by atoms with E-state index in [1.807, 2.05) is 30.3 Å². The standard InChI is InChI=1S/C19H17NO4S/c1-23-14-8-7-12(16(11-14)24-2)9-13(10-18(21)22)19-20-15-5-3-4-6-17(15)25-19/h3-9,11H,10H2,1-2H3,(H,21,22)/p-1/b13-9+. The van der Waals surface area contributed by atoms with Crippen LogP contribution in [0.2, 0.25) is 0 Å². The Hall–Kier alpha value is -2.86. The van der Waals surface area contributed by atoms with Crippen molar-refractivity contribution in [1.82, 2.24) is 4.98 Å². The van der Waals surface area contributed by atoms with E-state index in [1.165, 1.54) is 11.3 Å². The second kappa shape index (κ2) is 7.36. The normalized spacial score (nSPS) is 11.5. The second-order valence-corrected chi connectivity index (χ2v) is 6.34. The molecule has 0 aliphatic rings. The number of carbonyl (C=O) groups is 1. The van der Waals surface area contributed by atoms with Gasteiger partial charge in [-0.1, -0.05) is 12.1 Å². The van der Waals surface area contributed by atoms with E-state index in [2.05, 4.69) is 4.98 Å². The summed E-state index contributed by atoms with van der Waals surface area (Å²) in [5.74, 6) is 0.102. The van der Waals surface area contributed by atoms with E-state index in [0.29, 0.717) is 22.1 Å². The lowest BCUT2D eigenvalue weighted by atomic mass is 10.1. The van der Waals surface area contributed by atoms with Crippen LogP contribution in [-0.4, -0.2) is 25.2 Å².